The largest absolute Gasteiger partial charge is 0.462 e. The Labute approximate surface area is 146 Å². The zero-order valence-electron chi connectivity index (χ0n) is 13.5. The number of carbonyl (C=O) groups is 2. The number of anilines is 1. The van der Waals surface area contributed by atoms with E-state index in [9.17, 15) is 9.59 Å². The Morgan fingerprint density at radius 3 is 2.42 bits per heavy atom. The molecule has 0 aromatic heterocycles. The minimum Gasteiger partial charge on any atom is -0.462 e. The molecule has 2 aromatic rings. The molecule has 0 aliphatic heterocycles. The van der Waals surface area contributed by atoms with Crippen molar-refractivity contribution < 1.29 is 14.3 Å². The van der Waals surface area contributed by atoms with Gasteiger partial charge in [0.1, 0.15) is 0 Å². The van der Waals surface area contributed by atoms with Crippen LogP contribution in [0.15, 0.2) is 48.5 Å². The van der Waals surface area contributed by atoms with Crippen LogP contribution in [0, 0.1) is 6.92 Å². The number of aryl methyl sites for hydroxylation is 1. The minimum absolute atomic E-state index is 0.186. The highest BCUT2D eigenvalue weighted by Gasteiger charge is 2.09. The molecule has 124 valence electrons. The Kier molecular flexibility index (Phi) is 6.03. The van der Waals surface area contributed by atoms with E-state index in [0.29, 0.717) is 23.4 Å². The molecule has 0 radical (unpaired) electrons. The third kappa shape index (κ3) is 4.89. The fourth-order valence-corrected chi connectivity index (χ4v) is 2.24. The quantitative estimate of drug-likeness (QED) is 0.659. The third-order valence-electron chi connectivity index (χ3n) is 3.16. The first kappa shape index (κ1) is 17.6. The van der Waals surface area contributed by atoms with Gasteiger partial charge in [0.15, 0.2) is 5.11 Å². The van der Waals surface area contributed by atoms with Crippen molar-refractivity contribution in [3.63, 3.8) is 0 Å². The molecule has 2 rings (SSSR count). The van der Waals surface area contributed by atoms with Crippen LogP contribution in [0.5, 0.6) is 0 Å². The molecule has 0 spiro atoms. The number of esters is 1. The van der Waals surface area contributed by atoms with Crippen molar-refractivity contribution in [2.24, 2.45) is 0 Å². The highest BCUT2D eigenvalue weighted by Crippen LogP contribution is 2.11. The molecule has 0 aliphatic carbocycles. The molecule has 0 fully saturated rings. The van der Waals surface area contributed by atoms with Crippen molar-refractivity contribution in [3.8, 4) is 0 Å². The summed E-state index contributed by atoms with van der Waals surface area (Å²) in [6.07, 6.45) is 0. The summed E-state index contributed by atoms with van der Waals surface area (Å²) in [5.41, 5.74) is 2.66. The van der Waals surface area contributed by atoms with Gasteiger partial charge in [-0.1, -0.05) is 17.7 Å². The van der Waals surface area contributed by atoms with Gasteiger partial charge >= 0.3 is 5.97 Å². The first-order valence-corrected chi connectivity index (χ1v) is 7.86. The van der Waals surface area contributed by atoms with Gasteiger partial charge in [-0.2, -0.15) is 0 Å². The van der Waals surface area contributed by atoms with E-state index in [0.717, 1.165) is 5.56 Å². The van der Waals surface area contributed by atoms with Gasteiger partial charge in [0.25, 0.3) is 5.91 Å². The second-order valence-corrected chi connectivity index (χ2v) is 5.48. The molecule has 0 saturated carbocycles. The Balaban J connectivity index is 1.94. The van der Waals surface area contributed by atoms with Gasteiger partial charge in [-0.25, -0.2) is 4.79 Å². The topological polar surface area (TPSA) is 67.4 Å². The standard InChI is InChI=1S/C18H18N2O3S/c1-3-23-17(22)13-7-9-15(10-8-13)19-18(24)20-16(21)14-6-4-5-12(2)11-14/h4-11H,3H2,1-2H3,(H2,19,20,21,24). The summed E-state index contributed by atoms with van der Waals surface area (Å²) in [5.74, 6) is -0.654. The van der Waals surface area contributed by atoms with Crippen LogP contribution in [0.3, 0.4) is 0 Å². The minimum atomic E-state index is -0.376. The zero-order valence-corrected chi connectivity index (χ0v) is 14.3. The molecule has 5 nitrogen and oxygen atoms in total. The van der Waals surface area contributed by atoms with Gasteiger partial charge in [-0.15, -0.1) is 0 Å². The molecule has 24 heavy (non-hydrogen) atoms. The van der Waals surface area contributed by atoms with E-state index < -0.39 is 0 Å². The number of rotatable bonds is 4. The Hall–Kier alpha value is -2.73. The van der Waals surface area contributed by atoms with Crippen LogP contribution < -0.4 is 10.6 Å². The number of thiocarbonyl (C=S) groups is 1. The van der Waals surface area contributed by atoms with Gasteiger partial charge in [0.2, 0.25) is 0 Å². The normalized spacial score (nSPS) is 9.92. The van der Waals surface area contributed by atoms with Gasteiger partial charge in [-0.05, 0) is 62.5 Å². The number of amides is 1. The number of nitrogens with one attached hydrogen (secondary N) is 2. The first-order chi connectivity index (χ1) is 11.5. The van der Waals surface area contributed by atoms with Crippen LogP contribution in [0.2, 0.25) is 0 Å². The number of hydrogen-bond donors (Lipinski definition) is 2. The van der Waals surface area contributed by atoms with Crippen LogP contribution in [-0.4, -0.2) is 23.6 Å². The van der Waals surface area contributed by atoms with Crippen LogP contribution in [-0.2, 0) is 4.74 Å². The summed E-state index contributed by atoms with van der Waals surface area (Å²) in [5, 5.41) is 5.71. The summed E-state index contributed by atoms with van der Waals surface area (Å²) >= 11 is 5.14. The summed E-state index contributed by atoms with van der Waals surface area (Å²) in [4.78, 5) is 23.7. The molecular weight excluding hydrogens is 324 g/mol. The second-order valence-electron chi connectivity index (χ2n) is 5.08. The highest BCUT2D eigenvalue weighted by atomic mass is 32.1. The van der Waals surface area contributed by atoms with Gasteiger partial charge in [-0.3, -0.25) is 10.1 Å². The van der Waals surface area contributed by atoms with E-state index in [1.54, 1.807) is 43.3 Å². The van der Waals surface area contributed by atoms with Crippen molar-refractivity contribution in [2.75, 3.05) is 11.9 Å². The van der Waals surface area contributed by atoms with Crippen molar-refractivity contribution in [1.29, 1.82) is 0 Å². The third-order valence-corrected chi connectivity index (χ3v) is 3.37. The van der Waals surface area contributed by atoms with E-state index in [-0.39, 0.29) is 17.0 Å². The SMILES string of the molecule is CCOC(=O)c1ccc(NC(=S)NC(=O)c2cccc(C)c2)cc1. The van der Waals surface area contributed by atoms with Crippen LogP contribution in [0.25, 0.3) is 0 Å². The fourth-order valence-electron chi connectivity index (χ4n) is 2.03. The Morgan fingerprint density at radius 2 is 1.79 bits per heavy atom. The average molecular weight is 342 g/mol. The van der Waals surface area contributed by atoms with Crippen LogP contribution >= 0.6 is 12.2 Å². The zero-order chi connectivity index (χ0) is 17.5. The molecule has 0 saturated heterocycles. The highest BCUT2D eigenvalue weighted by molar-refractivity contribution is 7.80. The van der Waals surface area contributed by atoms with Crippen molar-refractivity contribution in [1.82, 2.24) is 5.32 Å². The lowest BCUT2D eigenvalue weighted by Crippen LogP contribution is -2.34. The van der Waals surface area contributed by atoms with E-state index >= 15 is 0 Å². The number of ether oxygens (including phenoxy) is 1. The number of carbonyl (C=O) groups excluding carboxylic acids is 2. The van der Waals surface area contributed by atoms with Crippen LogP contribution in [0.4, 0.5) is 5.69 Å². The van der Waals surface area contributed by atoms with Crippen LogP contribution in [0.1, 0.15) is 33.2 Å². The monoisotopic (exact) mass is 342 g/mol. The van der Waals surface area contributed by atoms with E-state index in [1.807, 2.05) is 19.1 Å². The van der Waals surface area contributed by atoms with Gasteiger partial charge < -0.3 is 10.1 Å². The molecule has 0 atom stereocenters. The molecule has 0 unspecified atom stereocenters. The van der Waals surface area contributed by atoms with Gasteiger partial charge in [0, 0.05) is 11.3 Å². The first-order valence-electron chi connectivity index (χ1n) is 7.46. The Morgan fingerprint density at radius 1 is 1.08 bits per heavy atom. The molecular formula is C18H18N2O3S. The van der Waals surface area contributed by atoms with E-state index in [4.69, 9.17) is 17.0 Å². The predicted octanol–water partition coefficient (Wildman–Crippen LogP) is 3.30. The molecule has 1 amide bonds. The molecule has 0 aliphatic rings. The maximum atomic E-state index is 12.1. The molecule has 0 bridgehead atoms. The lowest BCUT2D eigenvalue weighted by molar-refractivity contribution is 0.0526. The predicted molar refractivity (Wildman–Crippen MR) is 97.3 cm³/mol. The summed E-state index contributed by atoms with van der Waals surface area (Å²) < 4.78 is 4.92. The average Bonchev–Trinajstić information content (AvgIpc) is 2.55. The maximum Gasteiger partial charge on any atom is 0.338 e. The van der Waals surface area contributed by atoms with Gasteiger partial charge in [0.05, 0.1) is 12.2 Å². The lowest BCUT2D eigenvalue weighted by atomic mass is 10.1. The number of benzene rings is 2. The van der Waals surface area contributed by atoms with Crippen molar-refractivity contribution in [2.45, 2.75) is 13.8 Å². The summed E-state index contributed by atoms with van der Waals surface area (Å²) in [6, 6.07) is 13.9. The summed E-state index contributed by atoms with van der Waals surface area (Å²) in [6.45, 7) is 4.00. The molecule has 2 aromatic carbocycles. The lowest BCUT2D eigenvalue weighted by Gasteiger charge is -2.10. The molecule has 2 N–H and O–H groups in total. The summed E-state index contributed by atoms with van der Waals surface area (Å²) in [7, 11) is 0. The fraction of sp³-hybridized carbons (Fsp3) is 0.167. The van der Waals surface area contributed by atoms with E-state index in [1.165, 1.54) is 0 Å². The number of hydrogen-bond acceptors (Lipinski definition) is 4. The van der Waals surface area contributed by atoms with Crippen molar-refractivity contribution >= 4 is 34.9 Å². The maximum absolute atomic E-state index is 12.1. The second kappa shape index (κ2) is 8.21. The van der Waals surface area contributed by atoms with Crippen molar-refractivity contribution in [3.05, 3.63) is 65.2 Å². The van der Waals surface area contributed by atoms with E-state index in [2.05, 4.69) is 10.6 Å². The Bertz CT molecular complexity index is 757. The molecule has 6 heteroatoms. The smallest absolute Gasteiger partial charge is 0.338 e. The molecule has 0 heterocycles.